The van der Waals surface area contributed by atoms with Crippen LogP contribution in [-0.4, -0.2) is 17.9 Å². The van der Waals surface area contributed by atoms with Crippen LogP contribution in [0.15, 0.2) is 47.5 Å². The SMILES string of the molecule is CCCCCOc1ccc(C=Nc2ccc(C#N)cc2)c(O)c1. The highest BCUT2D eigenvalue weighted by Crippen LogP contribution is 2.23. The van der Waals surface area contributed by atoms with Crippen molar-refractivity contribution in [3.63, 3.8) is 0 Å². The highest BCUT2D eigenvalue weighted by Gasteiger charge is 2.02. The van der Waals surface area contributed by atoms with Gasteiger partial charge in [0.15, 0.2) is 0 Å². The first-order chi connectivity index (χ1) is 11.2. The van der Waals surface area contributed by atoms with Crippen LogP contribution in [0.1, 0.15) is 37.3 Å². The van der Waals surface area contributed by atoms with Crippen molar-refractivity contribution in [3.05, 3.63) is 53.6 Å². The summed E-state index contributed by atoms with van der Waals surface area (Å²) >= 11 is 0. The number of phenols is 1. The Labute approximate surface area is 136 Å². The molecule has 118 valence electrons. The molecule has 0 radical (unpaired) electrons. The van der Waals surface area contributed by atoms with Gasteiger partial charge in [0.05, 0.1) is 23.9 Å². The monoisotopic (exact) mass is 308 g/mol. The molecule has 0 aliphatic heterocycles. The number of nitriles is 1. The molecule has 0 saturated carbocycles. The maximum absolute atomic E-state index is 10.0. The fourth-order valence-corrected chi connectivity index (χ4v) is 2.03. The van der Waals surface area contributed by atoms with E-state index < -0.39 is 0 Å². The van der Waals surface area contributed by atoms with Gasteiger partial charge in [-0.25, -0.2) is 0 Å². The second kappa shape index (κ2) is 8.60. The molecular weight excluding hydrogens is 288 g/mol. The highest BCUT2D eigenvalue weighted by molar-refractivity contribution is 5.85. The second-order valence-electron chi connectivity index (χ2n) is 5.19. The van der Waals surface area contributed by atoms with Gasteiger partial charge in [-0.2, -0.15) is 5.26 Å². The van der Waals surface area contributed by atoms with Crippen molar-refractivity contribution in [3.8, 4) is 17.6 Å². The van der Waals surface area contributed by atoms with Crippen LogP contribution >= 0.6 is 0 Å². The zero-order valence-corrected chi connectivity index (χ0v) is 13.2. The number of hydrogen-bond acceptors (Lipinski definition) is 4. The lowest BCUT2D eigenvalue weighted by molar-refractivity contribution is 0.304. The minimum Gasteiger partial charge on any atom is -0.507 e. The summed E-state index contributed by atoms with van der Waals surface area (Å²) in [5.41, 5.74) is 1.94. The zero-order valence-electron chi connectivity index (χ0n) is 13.2. The Morgan fingerprint density at radius 2 is 1.96 bits per heavy atom. The summed E-state index contributed by atoms with van der Waals surface area (Å²) in [5.74, 6) is 0.796. The van der Waals surface area contributed by atoms with Crippen molar-refractivity contribution < 1.29 is 9.84 Å². The van der Waals surface area contributed by atoms with Gasteiger partial charge in [-0.3, -0.25) is 4.99 Å². The number of aromatic hydroxyl groups is 1. The Hall–Kier alpha value is -2.80. The average Bonchev–Trinajstić information content (AvgIpc) is 2.58. The third kappa shape index (κ3) is 5.15. The molecule has 0 aliphatic carbocycles. The molecule has 2 rings (SSSR count). The lowest BCUT2D eigenvalue weighted by Crippen LogP contribution is -1.97. The molecule has 0 fully saturated rings. The first-order valence-electron chi connectivity index (χ1n) is 7.73. The molecule has 0 saturated heterocycles. The summed E-state index contributed by atoms with van der Waals surface area (Å²) in [6.07, 6.45) is 4.90. The second-order valence-corrected chi connectivity index (χ2v) is 5.19. The molecule has 0 amide bonds. The highest BCUT2D eigenvalue weighted by atomic mass is 16.5. The van der Waals surface area contributed by atoms with Crippen LogP contribution in [0.5, 0.6) is 11.5 Å². The quantitative estimate of drug-likeness (QED) is 0.601. The predicted octanol–water partition coefficient (Wildman–Crippen LogP) is 4.58. The van der Waals surface area contributed by atoms with Crippen LogP contribution in [0.3, 0.4) is 0 Å². The predicted molar refractivity (Wildman–Crippen MR) is 91.5 cm³/mol. The van der Waals surface area contributed by atoms with Crippen LogP contribution < -0.4 is 4.74 Å². The van der Waals surface area contributed by atoms with Gasteiger partial charge < -0.3 is 9.84 Å². The number of unbranched alkanes of at least 4 members (excludes halogenated alkanes) is 2. The van der Waals surface area contributed by atoms with Gasteiger partial charge in [-0.05, 0) is 42.8 Å². The smallest absolute Gasteiger partial charge is 0.128 e. The average molecular weight is 308 g/mol. The summed E-state index contributed by atoms with van der Waals surface area (Å²) in [6, 6.07) is 14.2. The van der Waals surface area contributed by atoms with E-state index in [4.69, 9.17) is 10.00 Å². The summed E-state index contributed by atoms with van der Waals surface area (Å²) in [7, 11) is 0. The molecule has 0 heterocycles. The lowest BCUT2D eigenvalue weighted by atomic mass is 10.2. The molecule has 2 aromatic rings. The van der Waals surface area contributed by atoms with E-state index in [9.17, 15) is 5.11 Å². The minimum absolute atomic E-state index is 0.135. The van der Waals surface area contributed by atoms with E-state index in [2.05, 4.69) is 18.0 Å². The topological polar surface area (TPSA) is 65.6 Å². The molecule has 0 bridgehead atoms. The van der Waals surface area contributed by atoms with E-state index in [1.165, 1.54) is 0 Å². The first kappa shape index (κ1) is 16.6. The Morgan fingerprint density at radius 3 is 2.61 bits per heavy atom. The van der Waals surface area contributed by atoms with Gasteiger partial charge in [0.2, 0.25) is 0 Å². The van der Waals surface area contributed by atoms with E-state index in [1.54, 1.807) is 42.6 Å². The van der Waals surface area contributed by atoms with E-state index in [-0.39, 0.29) is 5.75 Å². The fourth-order valence-electron chi connectivity index (χ4n) is 2.03. The molecule has 2 aromatic carbocycles. The van der Waals surface area contributed by atoms with Crippen molar-refractivity contribution in [2.45, 2.75) is 26.2 Å². The molecule has 0 aromatic heterocycles. The van der Waals surface area contributed by atoms with Crippen LogP contribution in [0.4, 0.5) is 5.69 Å². The normalized spacial score (nSPS) is 10.6. The fraction of sp³-hybridized carbons (Fsp3) is 0.263. The van der Waals surface area contributed by atoms with Crippen molar-refractivity contribution >= 4 is 11.9 Å². The third-order valence-electron chi connectivity index (χ3n) is 3.37. The molecule has 23 heavy (non-hydrogen) atoms. The number of hydrogen-bond donors (Lipinski definition) is 1. The molecule has 0 atom stereocenters. The van der Waals surface area contributed by atoms with Crippen molar-refractivity contribution in [1.29, 1.82) is 5.26 Å². The molecule has 0 aliphatic rings. The molecule has 0 unspecified atom stereocenters. The van der Waals surface area contributed by atoms with Crippen molar-refractivity contribution in [2.24, 2.45) is 4.99 Å². The van der Waals surface area contributed by atoms with E-state index >= 15 is 0 Å². The molecular formula is C19H20N2O2. The standard InChI is InChI=1S/C19H20N2O2/c1-2-3-4-11-23-18-10-7-16(19(22)12-18)14-21-17-8-5-15(13-20)6-9-17/h5-10,12,14,22H,2-4,11H2,1H3. The van der Waals surface area contributed by atoms with Crippen LogP contribution in [0, 0.1) is 11.3 Å². The molecule has 0 spiro atoms. The van der Waals surface area contributed by atoms with Gasteiger partial charge in [-0.15, -0.1) is 0 Å². The summed E-state index contributed by atoms with van der Waals surface area (Å²) in [4.78, 5) is 4.29. The Morgan fingerprint density at radius 1 is 1.17 bits per heavy atom. The summed E-state index contributed by atoms with van der Waals surface area (Å²) < 4.78 is 5.60. The third-order valence-corrected chi connectivity index (χ3v) is 3.37. The lowest BCUT2D eigenvalue weighted by Gasteiger charge is -2.07. The largest absolute Gasteiger partial charge is 0.507 e. The summed E-state index contributed by atoms with van der Waals surface area (Å²) in [6.45, 7) is 2.81. The molecule has 4 nitrogen and oxygen atoms in total. The van der Waals surface area contributed by atoms with Gasteiger partial charge in [0.1, 0.15) is 11.5 Å². The number of aliphatic imine (C=N–C) groups is 1. The first-order valence-corrected chi connectivity index (χ1v) is 7.73. The number of phenolic OH excluding ortho intramolecular Hbond substituents is 1. The van der Waals surface area contributed by atoms with E-state index in [0.717, 1.165) is 24.9 Å². The Kier molecular flexibility index (Phi) is 6.19. The number of rotatable bonds is 7. The van der Waals surface area contributed by atoms with Gasteiger partial charge in [-0.1, -0.05) is 19.8 Å². The van der Waals surface area contributed by atoms with E-state index in [0.29, 0.717) is 23.5 Å². The van der Waals surface area contributed by atoms with Crippen molar-refractivity contribution in [1.82, 2.24) is 0 Å². The maximum atomic E-state index is 10.0. The van der Waals surface area contributed by atoms with E-state index in [1.807, 2.05) is 6.07 Å². The summed E-state index contributed by atoms with van der Waals surface area (Å²) in [5, 5.41) is 18.8. The number of nitrogens with zero attached hydrogens (tertiary/aromatic N) is 2. The number of benzene rings is 2. The zero-order chi connectivity index (χ0) is 16.5. The van der Waals surface area contributed by atoms with Gasteiger partial charge in [0.25, 0.3) is 0 Å². The van der Waals surface area contributed by atoms with Gasteiger partial charge in [0, 0.05) is 17.8 Å². The van der Waals surface area contributed by atoms with Crippen LogP contribution in [0.2, 0.25) is 0 Å². The minimum atomic E-state index is 0.135. The van der Waals surface area contributed by atoms with Crippen LogP contribution in [0.25, 0.3) is 0 Å². The van der Waals surface area contributed by atoms with Crippen LogP contribution in [-0.2, 0) is 0 Å². The maximum Gasteiger partial charge on any atom is 0.128 e. The van der Waals surface area contributed by atoms with Gasteiger partial charge >= 0.3 is 0 Å². The Bertz CT molecular complexity index is 700. The Balaban J connectivity index is 1.99. The number of ether oxygens (including phenoxy) is 1. The molecule has 4 heteroatoms. The van der Waals surface area contributed by atoms with Crippen molar-refractivity contribution in [2.75, 3.05) is 6.61 Å². The molecule has 1 N–H and O–H groups in total.